The Morgan fingerprint density at radius 3 is 2.67 bits per heavy atom. The number of nitro groups is 1. The van der Waals surface area contributed by atoms with Crippen LogP contribution in [0.1, 0.15) is 41.2 Å². The number of hydrogen-bond acceptors (Lipinski definition) is 9. The van der Waals surface area contributed by atoms with Crippen molar-refractivity contribution in [2.75, 3.05) is 27.2 Å². The van der Waals surface area contributed by atoms with E-state index in [0.717, 1.165) is 6.07 Å². The third-order valence-corrected chi connectivity index (χ3v) is 7.84. The Balaban J connectivity index is 1.72. The van der Waals surface area contributed by atoms with Gasteiger partial charge in [-0.3, -0.25) is 14.9 Å². The zero-order valence-electron chi connectivity index (χ0n) is 22.7. The number of benzene rings is 1. The van der Waals surface area contributed by atoms with Crippen molar-refractivity contribution in [1.29, 1.82) is 0 Å². The van der Waals surface area contributed by atoms with Gasteiger partial charge in [-0.2, -0.15) is 0 Å². The van der Waals surface area contributed by atoms with Gasteiger partial charge in [0.15, 0.2) is 0 Å². The van der Waals surface area contributed by atoms with E-state index in [4.69, 9.17) is 9.47 Å². The van der Waals surface area contributed by atoms with Crippen molar-refractivity contribution < 1.29 is 28.4 Å². The molecule has 0 saturated carbocycles. The van der Waals surface area contributed by atoms with E-state index in [1.807, 2.05) is 0 Å². The summed E-state index contributed by atoms with van der Waals surface area (Å²) in [5.74, 6) is -1.56. The van der Waals surface area contributed by atoms with Gasteiger partial charge in [0, 0.05) is 37.3 Å². The minimum Gasteiger partial charge on any atom is -0.457 e. The van der Waals surface area contributed by atoms with Gasteiger partial charge in [-0.1, -0.05) is 6.92 Å². The lowest BCUT2D eigenvalue weighted by molar-refractivity contribution is -0.383. The maximum atomic E-state index is 14.7. The summed E-state index contributed by atoms with van der Waals surface area (Å²) >= 11 is 0. The first-order valence-corrected chi connectivity index (χ1v) is 12.8. The molecule has 210 valence electrons. The molecule has 1 N–H and O–H groups in total. The Morgan fingerprint density at radius 2 is 2.02 bits per heavy atom. The van der Waals surface area contributed by atoms with E-state index in [9.17, 15) is 28.9 Å². The average molecular weight is 554 g/mol. The second-order valence-electron chi connectivity index (χ2n) is 10.0. The van der Waals surface area contributed by atoms with Gasteiger partial charge in [-0.25, -0.2) is 19.0 Å². The topological polar surface area (TPSA) is 146 Å². The first kappa shape index (κ1) is 27.2. The summed E-state index contributed by atoms with van der Waals surface area (Å²) < 4.78 is 27.3. The van der Waals surface area contributed by atoms with E-state index in [1.165, 1.54) is 23.4 Å². The second-order valence-corrected chi connectivity index (χ2v) is 10.0. The van der Waals surface area contributed by atoms with Crippen molar-refractivity contribution in [2.45, 2.75) is 45.9 Å². The highest BCUT2D eigenvalue weighted by Gasteiger charge is 2.51. The first-order chi connectivity index (χ1) is 19.0. The van der Waals surface area contributed by atoms with E-state index in [0.29, 0.717) is 35.6 Å². The van der Waals surface area contributed by atoms with Gasteiger partial charge in [0.05, 0.1) is 44.9 Å². The Bertz CT molecular complexity index is 1680. The number of carbonyl (C=O) groups is 2. The van der Waals surface area contributed by atoms with E-state index >= 15 is 0 Å². The summed E-state index contributed by atoms with van der Waals surface area (Å²) in [6.45, 7) is 5.24. The molecule has 1 aromatic carbocycles. The Labute approximate surface area is 227 Å². The fourth-order valence-corrected chi connectivity index (χ4v) is 5.50. The molecule has 2 aliphatic heterocycles. The molecule has 0 bridgehead atoms. The number of nitrogens with zero attached hydrogens (tertiary/aromatic N) is 4. The number of halogens is 1. The van der Waals surface area contributed by atoms with Crippen molar-refractivity contribution in [3.63, 3.8) is 0 Å². The number of esters is 1. The van der Waals surface area contributed by atoms with E-state index in [2.05, 4.69) is 10.3 Å². The summed E-state index contributed by atoms with van der Waals surface area (Å²) in [6, 6.07) is 2.73. The minimum atomic E-state index is -1.87. The SMILES string of the molecule is CC[C@@]1(OC(=O)N(C)CCNC)C(=O)OCc2c1cc1n(c2=O)Cc2c-1nc1cc(F)c(C)c([N+](=O)[O-])c1c2C. The molecule has 0 radical (unpaired) electrons. The highest BCUT2D eigenvalue weighted by molar-refractivity contribution is 5.96. The quantitative estimate of drug-likeness (QED) is 0.216. The molecule has 2 aromatic heterocycles. The number of nitro benzene ring substituents is 1. The van der Waals surface area contributed by atoms with Crippen LogP contribution >= 0.6 is 0 Å². The predicted molar refractivity (Wildman–Crippen MR) is 141 cm³/mol. The molecule has 0 spiro atoms. The molecule has 0 aliphatic carbocycles. The van der Waals surface area contributed by atoms with E-state index in [1.54, 1.807) is 27.0 Å². The largest absolute Gasteiger partial charge is 0.457 e. The van der Waals surface area contributed by atoms with Crippen LogP contribution < -0.4 is 10.9 Å². The fourth-order valence-electron chi connectivity index (χ4n) is 5.50. The van der Waals surface area contributed by atoms with E-state index in [-0.39, 0.29) is 52.9 Å². The van der Waals surface area contributed by atoms with E-state index < -0.39 is 34.0 Å². The predicted octanol–water partition coefficient (Wildman–Crippen LogP) is 3.04. The first-order valence-electron chi connectivity index (χ1n) is 12.8. The molecule has 12 nitrogen and oxygen atoms in total. The molecule has 40 heavy (non-hydrogen) atoms. The van der Waals surface area contributed by atoms with Crippen molar-refractivity contribution in [3.05, 3.63) is 66.2 Å². The van der Waals surface area contributed by atoms with Gasteiger partial charge in [-0.15, -0.1) is 0 Å². The number of cyclic esters (lactones) is 1. The number of aryl methyl sites for hydroxylation is 1. The number of amides is 1. The Hall–Kier alpha value is -4.39. The molecule has 0 saturated heterocycles. The third-order valence-electron chi connectivity index (χ3n) is 7.84. The van der Waals surface area contributed by atoms with Crippen LogP contribution in [0.5, 0.6) is 0 Å². The smallest absolute Gasteiger partial charge is 0.411 e. The van der Waals surface area contributed by atoms with Gasteiger partial charge in [0.25, 0.3) is 11.2 Å². The lowest BCUT2D eigenvalue weighted by Gasteiger charge is -2.36. The Morgan fingerprint density at radius 1 is 1.30 bits per heavy atom. The van der Waals surface area contributed by atoms with Crippen LogP contribution in [0.3, 0.4) is 0 Å². The molecule has 13 heteroatoms. The van der Waals surface area contributed by atoms with Gasteiger partial charge >= 0.3 is 12.1 Å². The molecule has 1 amide bonds. The number of rotatable bonds is 6. The number of ether oxygens (including phenoxy) is 2. The van der Waals surface area contributed by atoms with Gasteiger partial charge < -0.3 is 24.3 Å². The molecule has 0 fully saturated rings. The molecule has 5 rings (SSSR count). The summed E-state index contributed by atoms with van der Waals surface area (Å²) in [5.41, 5.74) is -0.627. The van der Waals surface area contributed by atoms with Gasteiger partial charge in [0.2, 0.25) is 5.60 Å². The second kappa shape index (κ2) is 9.66. The van der Waals surface area contributed by atoms with Crippen LogP contribution in [-0.4, -0.2) is 58.6 Å². The number of aromatic nitrogens is 2. The van der Waals surface area contributed by atoms with Crippen molar-refractivity contribution in [1.82, 2.24) is 19.8 Å². The molecular formula is C27H28FN5O7. The number of carbonyl (C=O) groups excluding carboxylic acids is 2. The highest BCUT2D eigenvalue weighted by Crippen LogP contribution is 2.43. The number of likely N-dealkylation sites (N-methyl/N-ethyl adjacent to an activating group) is 2. The summed E-state index contributed by atoms with van der Waals surface area (Å²) in [6.07, 6.45) is -0.762. The zero-order chi connectivity index (χ0) is 29.1. The lowest BCUT2D eigenvalue weighted by Crippen LogP contribution is -2.49. The van der Waals surface area contributed by atoms with Crippen LogP contribution in [-0.2, 0) is 33.0 Å². The van der Waals surface area contributed by atoms with Crippen molar-refractivity contribution in [3.8, 4) is 11.4 Å². The van der Waals surface area contributed by atoms with Crippen LogP contribution in [0.25, 0.3) is 22.3 Å². The minimum absolute atomic E-state index is 0.00104. The molecule has 4 heterocycles. The summed E-state index contributed by atoms with van der Waals surface area (Å²) in [5, 5.41) is 15.0. The number of hydrogen-bond donors (Lipinski definition) is 1. The lowest BCUT2D eigenvalue weighted by atomic mass is 9.85. The molecule has 2 aliphatic rings. The third kappa shape index (κ3) is 3.83. The van der Waals surface area contributed by atoms with Crippen LogP contribution in [0.2, 0.25) is 0 Å². The van der Waals surface area contributed by atoms with Crippen LogP contribution in [0.15, 0.2) is 16.9 Å². The standard InChI is InChI=1S/C27H28FN5O7/c1-6-27(40-26(36)31(5)8-7-29-4)17-9-20-22-15(11-32(20)24(34)16(17)12-39-25(27)35)13(2)21-19(30-22)10-18(28)14(3)23(21)33(37)38/h9-10,29H,6-8,11-12H2,1-5H3/t27-/m0/s1. The average Bonchev–Trinajstić information content (AvgIpc) is 3.29. The molecular weight excluding hydrogens is 525 g/mol. The monoisotopic (exact) mass is 553 g/mol. The summed E-state index contributed by atoms with van der Waals surface area (Å²) in [4.78, 5) is 57.0. The van der Waals surface area contributed by atoms with Crippen LogP contribution in [0, 0.1) is 29.8 Å². The fraction of sp³-hybridized carbons (Fsp3) is 0.407. The maximum absolute atomic E-state index is 14.7. The molecule has 3 aromatic rings. The normalized spacial score (nSPS) is 17.2. The van der Waals surface area contributed by atoms with Gasteiger partial charge in [0.1, 0.15) is 12.4 Å². The number of pyridine rings is 2. The number of nitrogens with one attached hydrogen (secondary N) is 1. The highest BCUT2D eigenvalue weighted by atomic mass is 19.1. The maximum Gasteiger partial charge on any atom is 0.411 e. The van der Waals surface area contributed by atoms with Crippen molar-refractivity contribution >= 4 is 28.7 Å². The molecule has 1 atom stereocenters. The Kier molecular flexibility index (Phi) is 6.57. The van der Waals surface area contributed by atoms with Crippen LogP contribution in [0.4, 0.5) is 14.9 Å². The zero-order valence-corrected chi connectivity index (χ0v) is 22.7. The van der Waals surface area contributed by atoms with Crippen molar-refractivity contribution in [2.24, 2.45) is 0 Å². The summed E-state index contributed by atoms with van der Waals surface area (Å²) in [7, 11) is 3.27. The molecule has 0 unspecified atom stereocenters. The number of fused-ring (bicyclic) bond motifs is 5. The van der Waals surface area contributed by atoms with Gasteiger partial charge in [-0.05, 0) is 38.9 Å².